The monoisotopic (exact) mass is 329 g/mol. The maximum Gasteiger partial charge on any atom is 0.262 e. The number of hydrogen-bond acceptors (Lipinski definition) is 4. The number of fused-ring (bicyclic) bond motifs is 3. The van der Waals surface area contributed by atoms with E-state index in [0.717, 1.165) is 40.9 Å². The Labute approximate surface area is 136 Å². The fraction of sp³-hybridized carbons (Fsp3) is 0.294. The molecule has 23 heavy (non-hydrogen) atoms. The molecule has 0 saturated heterocycles. The van der Waals surface area contributed by atoms with E-state index in [1.54, 1.807) is 34.4 Å². The fourth-order valence-corrected chi connectivity index (χ4v) is 4.25. The Balaban J connectivity index is 1.86. The highest BCUT2D eigenvalue weighted by atomic mass is 32.1. The third-order valence-corrected chi connectivity index (χ3v) is 5.57. The number of rotatable bonds is 2. The lowest BCUT2D eigenvalue weighted by Crippen LogP contribution is -2.26. The summed E-state index contributed by atoms with van der Waals surface area (Å²) in [4.78, 5) is 19.5. The van der Waals surface area contributed by atoms with Crippen molar-refractivity contribution in [3.63, 3.8) is 0 Å². The summed E-state index contributed by atoms with van der Waals surface area (Å²) in [6.45, 7) is 3.63. The van der Waals surface area contributed by atoms with Crippen LogP contribution in [0.1, 0.15) is 29.0 Å². The van der Waals surface area contributed by atoms with Gasteiger partial charge in [-0.3, -0.25) is 9.36 Å². The van der Waals surface area contributed by atoms with Crippen LogP contribution in [0.4, 0.5) is 4.39 Å². The Bertz CT molecular complexity index is 929. The number of aromatic nitrogens is 2. The smallest absolute Gasteiger partial charge is 0.262 e. The molecule has 4 rings (SSSR count). The molecule has 1 atom stereocenters. The molecule has 0 bridgehead atoms. The predicted octanol–water partition coefficient (Wildman–Crippen LogP) is 2.85. The maximum absolute atomic E-state index is 13.1. The first kappa shape index (κ1) is 14.5. The van der Waals surface area contributed by atoms with E-state index in [0.29, 0.717) is 0 Å². The van der Waals surface area contributed by atoms with Gasteiger partial charge in [-0.1, -0.05) is 12.1 Å². The molecule has 1 aliphatic heterocycles. The molecule has 0 amide bonds. The summed E-state index contributed by atoms with van der Waals surface area (Å²) in [6.07, 6.45) is 2.47. The van der Waals surface area contributed by atoms with Crippen LogP contribution in [0.25, 0.3) is 10.2 Å². The summed E-state index contributed by atoms with van der Waals surface area (Å²) in [5.74, 6) is -0.277. The summed E-state index contributed by atoms with van der Waals surface area (Å²) in [7, 11) is 0. The number of hydrogen-bond donors (Lipinski definition) is 1. The van der Waals surface area contributed by atoms with Gasteiger partial charge in [-0.05, 0) is 43.1 Å². The second kappa shape index (κ2) is 5.54. The first-order valence-electron chi connectivity index (χ1n) is 7.62. The minimum Gasteiger partial charge on any atom is -0.312 e. The lowest BCUT2D eigenvalue weighted by molar-refractivity contribution is 0.599. The van der Waals surface area contributed by atoms with Crippen LogP contribution in [0.15, 0.2) is 35.4 Å². The fourth-order valence-electron chi connectivity index (χ4n) is 3.11. The molecule has 3 aromatic rings. The number of thiophene rings is 1. The van der Waals surface area contributed by atoms with Gasteiger partial charge >= 0.3 is 0 Å². The third-order valence-electron chi connectivity index (χ3n) is 4.43. The van der Waals surface area contributed by atoms with Gasteiger partial charge in [0.2, 0.25) is 0 Å². The largest absolute Gasteiger partial charge is 0.312 e. The zero-order valence-corrected chi connectivity index (χ0v) is 13.5. The standard InChI is InChI=1S/C17H16FN3OS/c1-10(11-2-4-12(18)5-3-11)21-9-20-16-15(17(21)22)13-6-7-19-8-14(13)23-16/h2-5,9-10,19H,6-8H2,1H3. The van der Waals surface area contributed by atoms with Crippen molar-refractivity contribution in [2.45, 2.75) is 25.9 Å². The van der Waals surface area contributed by atoms with Gasteiger partial charge in [-0.15, -0.1) is 11.3 Å². The molecule has 0 saturated carbocycles. The predicted molar refractivity (Wildman–Crippen MR) is 89.5 cm³/mol. The van der Waals surface area contributed by atoms with E-state index in [-0.39, 0.29) is 17.4 Å². The first-order chi connectivity index (χ1) is 11.1. The molecule has 2 aromatic heterocycles. The Morgan fingerprint density at radius 1 is 1.35 bits per heavy atom. The van der Waals surface area contributed by atoms with Crippen molar-refractivity contribution in [2.24, 2.45) is 0 Å². The van der Waals surface area contributed by atoms with Crippen LogP contribution >= 0.6 is 11.3 Å². The van der Waals surface area contributed by atoms with E-state index in [9.17, 15) is 9.18 Å². The Kier molecular flexibility index (Phi) is 3.50. The molecule has 6 heteroatoms. The van der Waals surface area contributed by atoms with Crippen LogP contribution in [0, 0.1) is 5.82 Å². The zero-order valence-electron chi connectivity index (χ0n) is 12.7. The van der Waals surface area contributed by atoms with Crippen molar-refractivity contribution in [1.29, 1.82) is 0 Å². The van der Waals surface area contributed by atoms with E-state index >= 15 is 0 Å². The highest BCUT2D eigenvalue weighted by Crippen LogP contribution is 2.30. The van der Waals surface area contributed by atoms with Gasteiger partial charge in [0.25, 0.3) is 5.56 Å². The molecule has 1 aliphatic rings. The van der Waals surface area contributed by atoms with Gasteiger partial charge in [-0.25, -0.2) is 9.37 Å². The van der Waals surface area contributed by atoms with Crippen molar-refractivity contribution >= 4 is 21.6 Å². The molecule has 3 heterocycles. The van der Waals surface area contributed by atoms with Gasteiger partial charge in [-0.2, -0.15) is 0 Å². The molecule has 118 valence electrons. The van der Waals surface area contributed by atoms with E-state index < -0.39 is 0 Å². The first-order valence-corrected chi connectivity index (χ1v) is 8.44. The molecular weight excluding hydrogens is 313 g/mol. The van der Waals surface area contributed by atoms with Crippen LogP contribution in [-0.2, 0) is 13.0 Å². The lowest BCUT2D eigenvalue weighted by Gasteiger charge is -2.16. The summed E-state index contributed by atoms with van der Waals surface area (Å²) in [5, 5.41) is 4.08. The van der Waals surface area contributed by atoms with Crippen molar-refractivity contribution in [3.8, 4) is 0 Å². The number of nitrogens with zero attached hydrogens (tertiary/aromatic N) is 2. The number of benzene rings is 1. The van der Waals surface area contributed by atoms with E-state index in [1.165, 1.54) is 17.0 Å². The normalized spacial score (nSPS) is 15.6. The van der Waals surface area contributed by atoms with Crippen LogP contribution in [-0.4, -0.2) is 16.1 Å². The molecule has 0 spiro atoms. The van der Waals surface area contributed by atoms with Crippen LogP contribution in [0.3, 0.4) is 0 Å². The molecule has 0 radical (unpaired) electrons. The highest BCUT2D eigenvalue weighted by molar-refractivity contribution is 7.18. The summed E-state index contributed by atoms with van der Waals surface area (Å²) in [5.41, 5.74) is 2.02. The average Bonchev–Trinajstić information content (AvgIpc) is 2.94. The van der Waals surface area contributed by atoms with E-state index in [1.807, 2.05) is 6.92 Å². The maximum atomic E-state index is 13.1. The molecule has 4 nitrogen and oxygen atoms in total. The topological polar surface area (TPSA) is 46.9 Å². The Hall–Kier alpha value is -2.05. The minimum absolute atomic E-state index is 0.00812. The third kappa shape index (κ3) is 2.38. The number of nitrogens with one attached hydrogen (secondary N) is 1. The molecular formula is C17H16FN3OS. The minimum atomic E-state index is -0.277. The van der Waals surface area contributed by atoms with Crippen molar-refractivity contribution < 1.29 is 4.39 Å². The average molecular weight is 329 g/mol. The van der Waals surface area contributed by atoms with Crippen LogP contribution in [0.2, 0.25) is 0 Å². The lowest BCUT2D eigenvalue weighted by atomic mass is 10.1. The van der Waals surface area contributed by atoms with E-state index in [2.05, 4.69) is 10.3 Å². The Morgan fingerprint density at radius 3 is 2.91 bits per heavy atom. The van der Waals surface area contributed by atoms with Crippen molar-refractivity contribution in [3.05, 3.63) is 62.8 Å². The molecule has 1 aromatic carbocycles. The SMILES string of the molecule is CC(c1ccc(F)cc1)n1cnc2sc3c(c2c1=O)CCNC3. The van der Waals surface area contributed by atoms with Crippen molar-refractivity contribution in [2.75, 3.05) is 6.54 Å². The summed E-state index contributed by atoms with van der Waals surface area (Å²) in [6, 6.07) is 6.08. The van der Waals surface area contributed by atoms with E-state index in [4.69, 9.17) is 0 Å². The van der Waals surface area contributed by atoms with Crippen LogP contribution in [0.5, 0.6) is 0 Å². The zero-order chi connectivity index (χ0) is 16.0. The Morgan fingerprint density at radius 2 is 2.13 bits per heavy atom. The summed E-state index contributed by atoms with van der Waals surface area (Å²) >= 11 is 1.60. The summed E-state index contributed by atoms with van der Waals surface area (Å²) < 4.78 is 14.7. The quantitative estimate of drug-likeness (QED) is 0.786. The number of halogens is 1. The van der Waals surface area contributed by atoms with Gasteiger partial charge in [0.05, 0.1) is 17.8 Å². The van der Waals surface area contributed by atoms with Gasteiger partial charge in [0.1, 0.15) is 10.6 Å². The van der Waals surface area contributed by atoms with Gasteiger partial charge < -0.3 is 5.32 Å². The van der Waals surface area contributed by atoms with Crippen LogP contribution < -0.4 is 10.9 Å². The molecule has 1 N–H and O–H groups in total. The highest BCUT2D eigenvalue weighted by Gasteiger charge is 2.21. The molecule has 1 unspecified atom stereocenters. The van der Waals surface area contributed by atoms with Crippen molar-refractivity contribution in [1.82, 2.24) is 14.9 Å². The molecule has 0 fully saturated rings. The second-order valence-corrected chi connectivity index (χ2v) is 6.88. The van der Waals surface area contributed by atoms with Gasteiger partial charge in [0.15, 0.2) is 0 Å². The van der Waals surface area contributed by atoms with Gasteiger partial charge in [0, 0.05) is 11.4 Å². The second-order valence-electron chi connectivity index (χ2n) is 5.80. The molecule has 0 aliphatic carbocycles.